The van der Waals surface area contributed by atoms with Crippen LogP contribution in [0.15, 0.2) is 11.1 Å². The van der Waals surface area contributed by atoms with Gasteiger partial charge in [0.25, 0.3) is 0 Å². The van der Waals surface area contributed by atoms with Gasteiger partial charge in [-0.1, -0.05) is 11.8 Å². The molecule has 19 heavy (non-hydrogen) atoms. The van der Waals surface area contributed by atoms with Gasteiger partial charge >= 0.3 is 12.1 Å². The first-order chi connectivity index (χ1) is 8.74. The van der Waals surface area contributed by atoms with Crippen LogP contribution in [0.5, 0.6) is 0 Å². The third-order valence-corrected chi connectivity index (χ3v) is 3.03. The van der Waals surface area contributed by atoms with Crippen LogP contribution in [0.1, 0.15) is 34.1 Å². The molecule has 0 saturated carbocycles. The van der Waals surface area contributed by atoms with E-state index in [1.807, 2.05) is 0 Å². The number of carbonyl (C=O) groups is 2. The molecule has 2 N–H and O–H groups in total. The number of hydrogen-bond donors (Lipinski definition) is 1. The lowest BCUT2D eigenvalue weighted by Gasteiger charge is -2.28. The number of amides is 1. The zero-order valence-electron chi connectivity index (χ0n) is 11.6. The van der Waals surface area contributed by atoms with Gasteiger partial charge in [-0.05, 0) is 33.1 Å². The molecular weight excluding hydrogens is 268 g/mol. The third-order valence-electron chi connectivity index (χ3n) is 2.13. The molecule has 0 spiro atoms. The fraction of sp³-hybridized carbons (Fsp3) is 0.667. The summed E-state index contributed by atoms with van der Waals surface area (Å²) in [5, 5.41) is 1.69. The number of rotatable bonds is 3. The minimum Gasteiger partial charge on any atom is -0.466 e. The Kier molecular flexibility index (Phi) is 5.25. The summed E-state index contributed by atoms with van der Waals surface area (Å²) in [6.07, 6.45) is -0.547. The van der Waals surface area contributed by atoms with Crippen LogP contribution in [0.2, 0.25) is 0 Å². The summed E-state index contributed by atoms with van der Waals surface area (Å²) in [5.74, 6) is -0.392. The van der Waals surface area contributed by atoms with Crippen LogP contribution < -0.4 is 5.73 Å². The highest BCUT2D eigenvalue weighted by atomic mass is 32.2. The zero-order valence-corrected chi connectivity index (χ0v) is 12.5. The van der Waals surface area contributed by atoms with Gasteiger partial charge in [-0.15, -0.1) is 0 Å². The molecule has 0 aliphatic carbocycles. The normalized spacial score (nSPS) is 19.1. The van der Waals surface area contributed by atoms with Crippen molar-refractivity contribution in [3.8, 4) is 0 Å². The van der Waals surface area contributed by atoms with Gasteiger partial charge in [0.15, 0.2) is 0 Å². The van der Waals surface area contributed by atoms with E-state index in [4.69, 9.17) is 15.2 Å². The molecule has 0 aromatic carbocycles. The molecule has 1 unspecified atom stereocenters. The molecule has 1 atom stereocenters. The molecular formula is C12H20N2O4S. The second-order valence-electron chi connectivity index (χ2n) is 4.97. The summed E-state index contributed by atoms with van der Waals surface area (Å²) >= 11 is 1.26. The molecule has 6 nitrogen and oxygen atoms in total. The van der Waals surface area contributed by atoms with Gasteiger partial charge in [0.1, 0.15) is 11.1 Å². The van der Waals surface area contributed by atoms with Gasteiger partial charge in [-0.25, -0.2) is 4.79 Å². The predicted molar refractivity (Wildman–Crippen MR) is 73.0 cm³/mol. The Balaban J connectivity index is 2.71. The number of nitrogens with two attached hydrogens (primary N) is 1. The van der Waals surface area contributed by atoms with E-state index in [1.165, 1.54) is 16.7 Å². The Morgan fingerprint density at radius 3 is 2.63 bits per heavy atom. The molecule has 7 heteroatoms. The van der Waals surface area contributed by atoms with Crippen molar-refractivity contribution in [1.29, 1.82) is 0 Å². The average molecular weight is 288 g/mol. The van der Waals surface area contributed by atoms with Crippen molar-refractivity contribution in [2.45, 2.75) is 45.2 Å². The molecule has 1 heterocycles. The van der Waals surface area contributed by atoms with Gasteiger partial charge in [-0.3, -0.25) is 9.69 Å². The van der Waals surface area contributed by atoms with Crippen molar-refractivity contribution in [3.05, 3.63) is 11.1 Å². The van der Waals surface area contributed by atoms with Crippen molar-refractivity contribution in [2.24, 2.45) is 5.73 Å². The number of esters is 1. The topological polar surface area (TPSA) is 81.9 Å². The summed E-state index contributed by atoms with van der Waals surface area (Å²) in [5.41, 5.74) is 5.15. The second kappa shape index (κ2) is 6.29. The predicted octanol–water partition coefficient (Wildman–Crippen LogP) is 2.01. The molecule has 0 aromatic heterocycles. The van der Waals surface area contributed by atoms with E-state index < -0.39 is 23.2 Å². The highest BCUT2D eigenvalue weighted by Crippen LogP contribution is 2.31. The van der Waals surface area contributed by atoms with Crippen LogP contribution >= 0.6 is 11.8 Å². The third kappa shape index (κ3) is 4.76. The Labute approximate surface area is 117 Å². The molecule has 0 bridgehead atoms. The lowest BCUT2D eigenvalue weighted by Crippen LogP contribution is -2.43. The lowest BCUT2D eigenvalue weighted by atomic mass is 10.2. The van der Waals surface area contributed by atoms with Crippen LogP contribution in [0.25, 0.3) is 0 Å². The quantitative estimate of drug-likeness (QED) is 0.800. The SMILES string of the molecule is CCOC(=O)CC1=CSC(N)N1C(=O)OC(C)(C)C. The monoisotopic (exact) mass is 288 g/mol. The van der Waals surface area contributed by atoms with Crippen molar-refractivity contribution in [1.82, 2.24) is 4.90 Å². The molecule has 1 aliphatic rings. The van der Waals surface area contributed by atoms with Crippen molar-refractivity contribution < 1.29 is 19.1 Å². The lowest BCUT2D eigenvalue weighted by molar-refractivity contribution is -0.142. The first-order valence-corrected chi connectivity index (χ1v) is 6.97. The molecule has 1 amide bonds. The van der Waals surface area contributed by atoms with E-state index >= 15 is 0 Å². The summed E-state index contributed by atoms with van der Waals surface area (Å²) in [7, 11) is 0. The van der Waals surface area contributed by atoms with Crippen molar-refractivity contribution in [3.63, 3.8) is 0 Å². The largest absolute Gasteiger partial charge is 0.466 e. The number of nitrogens with zero attached hydrogens (tertiary/aromatic N) is 1. The molecule has 0 radical (unpaired) electrons. The first-order valence-electron chi connectivity index (χ1n) is 6.02. The number of thioether (sulfide) groups is 1. The minimum absolute atomic E-state index is 0.00772. The second-order valence-corrected chi connectivity index (χ2v) is 5.96. The van der Waals surface area contributed by atoms with E-state index in [0.29, 0.717) is 12.3 Å². The minimum atomic E-state index is -0.612. The highest BCUT2D eigenvalue weighted by Gasteiger charge is 2.34. The fourth-order valence-corrected chi connectivity index (χ4v) is 2.28. The summed E-state index contributed by atoms with van der Waals surface area (Å²) in [4.78, 5) is 24.8. The maximum atomic E-state index is 12.0. The van der Waals surface area contributed by atoms with Gasteiger partial charge in [-0.2, -0.15) is 0 Å². The highest BCUT2D eigenvalue weighted by molar-refractivity contribution is 8.02. The van der Waals surface area contributed by atoms with Crippen LogP contribution in [-0.4, -0.2) is 34.7 Å². The number of hydrogen-bond acceptors (Lipinski definition) is 6. The van der Waals surface area contributed by atoms with E-state index in [0.717, 1.165) is 0 Å². The maximum absolute atomic E-state index is 12.0. The summed E-state index contributed by atoms with van der Waals surface area (Å²) < 4.78 is 10.1. The van der Waals surface area contributed by atoms with E-state index in [2.05, 4.69) is 0 Å². The molecule has 0 saturated heterocycles. The smallest absolute Gasteiger partial charge is 0.416 e. The Morgan fingerprint density at radius 2 is 2.11 bits per heavy atom. The van der Waals surface area contributed by atoms with Gasteiger partial charge in [0, 0.05) is 5.70 Å². The van der Waals surface area contributed by atoms with Crippen LogP contribution in [0.4, 0.5) is 4.79 Å². The first kappa shape index (κ1) is 15.8. The van der Waals surface area contributed by atoms with Crippen LogP contribution in [-0.2, 0) is 14.3 Å². The van der Waals surface area contributed by atoms with Gasteiger partial charge < -0.3 is 15.2 Å². The Bertz CT molecular complexity index is 390. The zero-order chi connectivity index (χ0) is 14.6. The number of ether oxygens (including phenoxy) is 2. The van der Waals surface area contributed by atoms with Crippen molar-refractivity contribution in [2.75, 3.05) is 6.61 Å². The van der Waals surface area contributed by atoms with E-state index in [1.54, 1.807) is 33.1 Å². The van der Waals surface area contributed by atoms with Crippen LogP contribution in [0.3, 0.4) is 0 Å². The summed E-state index contributed by atoms with van der Waals surface area (Å²) in [6, 6.07) is 0. The molecule has 0 aromatic rings. The molecule has 1 aliphatic heterocycles. The fourth-order valence-electron chi connectivity index (χ4n) is 1.45. The Morgan fingerprint density at radius 1 is 1.47 bits per heavy atom. The van der Waals surface area contributed by atoms with Gasteiger partial charge in [0.2, 0.25) is 0 Å². The molecule has 1 rings (SSSR count). The van der Waals surface area contributed by atoms with E-state index in [9.17, 15) is 9.59 Å². The summed E-state index contributed by atoms with van der Waals surface area (Å²) in [6.45, 7) is 7.35. The van der Waals surface area contributed by atoms with E-state index in [-0.39, 0.29) is 6.42 Å². The van der Waals surface area contributed by atoms with Crippen molar-refractivity contribution >= 4 is 23.8 Å². The maximum Gasteiger partial charge on any atom is 0.416 e. The molecule has 108 valence electrons. The standard InChI is InChI=1S/C12H20N2O4S/c1-5-17-9(15)6-8-7-19-10(13)14(8)11(16)18-12(2,3)4/h7,10H,5-6,13H2,1-4H3. The van der Waals surface area contributed by atoms with Crippen LogP contribution in [0, 0.1) is 0 Å². The molecule has 0 fully saturated rings. The average Bonchev–Trinajstić information content (AvgIpc) is 2.57. The number of carbonyl (C=O) groups excluding carboxylic acids is 2. The Hall–Kier alpha value is -1.21. The van der Waals surface area contributed by atoms with Gasteiger partial charge in [0.05, 0.1) is 13.0 Å².